The molecule has 0 aliphatic heterocycles. The Bertz CT molecular complexity index is 1490. The maximum absolute atomic E-state index is 14.8. The quantitative estimate of drug-likeness (QED) is 0.241. The molecule has 43 heavy (non-hydrogen) atoms. The number of benzene rings is 3. The molecule has 232 valence electrons. The number of hydrogen-bond donors (Lipinski definition) is 1. The maximum Gasteiger partial charge on any atom is 0.243 e. The van der Waals surface area contributed by atoms with Crippen LogP contribution in [0.15, 0.2) is 72.8 Å². The molecule has 0 saturated carbocycles. The van der Waals surface area contributed by atoms with Crippen molar-refractivity contribution in [2.24, 2.45) is 5.92 Å². The van der Waals surface area contributed by atoms with Crippen molar-refractivity contribution in [1.82, 2.24) is 10.2 Å². The van der Waals surface area contributed by atoms with E-state index in [-0.39, 0.29) is 54.8 Å². The van der Waals surface area contributed by atoms with Gasteiger partial charge in [0, 0.05) is 38.0 Å². The van der Waals surface area contributed by atoms with Crippen molar-refractivity contribution in [1.29, 1.82) is 0 Å². The number of nitrogens with zero attached hydrogens (tertiary/aromatic N) is 2. The molecule has 0 fully saturated rings. The topological polar surface area (TPSA) is 96.0 Å². The fourth-order valence-electron chi connectivity index (χ4n) is 4.60. The first kappa shape index (κ1) is 33.9. The second kappa shape index (κ2) is 15.7. The molecule has 2 amide bonds. The zero-order valence-electron chi connectivity index (χ0n) is 24.9. The molecule has 0 aliphatic rings. The minimum atomic E-state index is -3.72. The third-order valence-electron chi connectivity index (χ3n) is 6.83. The highest BCUT2D eigenvalue weighted by atomic mass is 35.5. The van der Waals surface area contributed by atoms with Crippen LogP contribution in [0.3, 0.4) is 0 Å². The lowest BCUT2D eigenvalue weighted by Crippen LogP contribution is -2.51. The van der Waals surface area contributed by atoms with Crippen LogP contribution < -0.4 is 14.4 Å². The number of sulfonamides is 1. The number of carbonyl (C=O) groups is 2. The first-order valence-electron chi connectivity index (χ1n) is 14.1. The normalized spacial score (nSPS) is 12.1. The Morgan fingerprint density at radius 1 is 1.02 bits per heavy atom. The van der Waals surface area contributed by atoms with E-state index in [4.69, 9.17) is 16.3 Å². The molecule has 0 aromatic heterocycles. The van der Waals surface area contributed by atoms with E-state index in [0.717, 1.165) is 11.8 Å². The highest BCUT2D eigenvalue weighted by Crippen LogP contribution is 2.30. The van der Waals surface area contributed by atoms with Gasteiger partial charge in [-0.3, -0.25) is 13.9 Å². The monoisotopic (exact) mass is 631 g/mol. The predicted octanol–water partition coefficient (Wildman–Crippen LogP) is 5.45. The van der Waals surface area contributed by atoms with Gasteiger partial charge in [0.1, 0.15) is 17.6 Å². The molecular formula is C32H39ClFN3O5S. The average Bonchev–Trinajstić information content (AvgIpc) is 2.96. The van der Waals surface area contributed by atoms with Crippen LogP contribution in [0.25, 0.3) is 0 Å². The van der Waals surface area contributed by atoms with Gasteiger partial charge in [-0.1, -0.05) is 74.0 Å². The van der Waals surface area contributed by atoms with Crippen molar-refractivity contribution in [3.8, 4) is 5.75 Å². The number of ether oxygens (including phenoxy) is 1. The van der Waals surface area contributed by atoms with Gasteiger partial charge in [0.15, 0.2) is 0 Å². The van der Waals surface area contributed by atoms with Crippen molar-refractivity contribution >= 4 is 39.1 Å². The molecule has 3 rings (SSSR count). The summed E-state index contributed by atoms with van der Waals surface area (Å²) >= 11 is 6.24. The van der Waals surface area contributed by atoms with E-state index >= 15 is 0 Å². The van der Waals surface area contributed by atoms with Gasteiger partial charge in [-0.25, -0.2) is 12.8 Å². The van der Waals surface area contributed by atoms with E-state index in [9.17, 15) is 22.4 Å². The van der Waals surface area contributed by atoms with Crippen molar-refractivity contribution in [3.63, 3.8) is 0 Å². The molecule has 8 nitrogen and oxygen atoms in total. The minimum absolute atomic E-state index is 0.0103. The number of carbonyl (C=O) groups excluding carboxylic acids is 2. The first-order chi connectivity index (χ1) is 20.4. The summed E-state index contributed by atoms with van der Waals surface area (Å²) in [6.45, 7) is 4.22. The SMILES string of the molecule is COc1ccc(N(CCCC(=O)N(Cc2ccccc2F)[C@H](Cc2ccccc2)C(=O)NCC(C)C)S(C)(=O)=O)cc1Cl. The van der Waals surface area contributed by atoms with Crippen molar-refractivity contribution < 1.29 is 27.1 Å². The number of methoxy groups -OCH3 is 1. The molecule has 1 atom stereocenters. The van der Waals surface area contributed by atoms with Gasteiger partial charge in [-0.2, -0.15) is 0 Å². The summed E-state index contributed by atoms with van der Waals surface area (Å²) in [5, 5.41) is 3.18. The third-order valence-corrected chi connectivity index (χ3v) is 8.32. The standard InChI is InChI=1S/C32H39ClFN3O5S/c1-23(2)21-35-32(39)29(19-24-11-6-5-7-12-24)36(22-25-13-8-9-14-28(25)34)31(38)15-10-18-37(43(4,40)41)26-16-17-30(42-3)27(33)20-26/h5-9,11-14,16-17,20,23,29H,10,15,18-19,21-22H2,1-4H3,(H,35,39)/t29-/m1/s1. The molecule has 0 heterocycles. The summed E-state index contributed by atoms with van der Waals surface area (Å²) in [6.07, 6.45) is 1.37. The van der Waals surface area contributed by atoms with Gasteiger partial charge in [-0.05, 0) is 42.2 Å². The molecule has 11 heteroatoms. The van der Waals surface area contributed by atoms with Crippen molar-refractivity contribution in [2.45, 2.75) is 45.7 Å². The smallest absolute Gasteiger partial charge is 0.243 e. The molecule has 0 spiro atoms. The van der Waals surface area contributed by atoms with Crippen LogP contribution >= 0.6 is 11.6 Å². The largest absolute Gasteiger partial charge is 0.495 e. The fraction of sp³-hybridized carbons (Fsp3) is 0.375. The summed E-state index contributed by atoms with van der Waals surface area (Å²) in [4.78, 5) is 28.8. The van der Waals surface area contributed by atoms with E-state index in [2.05, 4.69) is 5.32 Å². The molecule has 0 saturated heterocycles. The summed E-state index contributed by atoms with van der Waals surface area (Å²) in [7, 11) is -2.26. The second-order valence-corrected chi connectivity index (χ2v) is 13.0. The number of rotatable bonds is 15. The van der Waals surface area contributed by atoms with Gasteiger partial charge in [0.25, 0.3) is 0 Å². The molecular weight excluding hydrogens is 593 g/mol. The van der Waals surface area contributed by atoms with Gasteiger partial charge in [0.2, 0.25) is 21.8 Å². The van der Waals surface area contributed by atoms with Crippen LogP contribution in [0.4, 0.5) is 10.1 Å². The van der Waals surface area contributed by atoms with E-state index < -0.39 is 27.8 Å². The van der Waals surface area contributed by atoms with Gasteiger partial charge in [-0.15, -0.1) is 0 Å². The van der Waals surface area contributed by atoms with Gasteiger partial charge >= 0.3 is 0 Å². The molecule has 1 N–H and O–H groups in total. The number of halogens is 2. The summed E-state index contributed by atoms with van der Waals surface area (Å²) in [5.74, 6) is -0.637. The molecule has 0 aliphatic carbocycles. The van der Waals surface area contributed by atoms with Crippen molar-refractivity contribution in [2.75, 3.05) is 30.8 Å². The number of hydrogen-bond acceptors (Lipinski definition) is 5. The molecule has 3 aromatic rings. The molecule has 0 unspecified atom stereocenters. The Hall–Kier alpha value is -3.63. The van der Waals surface area contributed by atoms with E-state index in [1.165, 1.54) is 28.4 Å². The maximum atomic E-state index is 14.8. The lowest BCUT2D eigenvalue weighted by atomic mass is 10.0. The minimum Gasteiger partial charge on any atom is -0.495 e. The lowest BCUT2D eigenvalue weighted by molar-refractivity contribution is -0.141. The molecule has 3 aromatic carbocycles. The van der Waals surface area contributed by atoms with Crippen LogP contribution in [-0.4, -0.2) is 57.6 Å². The van der Waals surface area contributed by atoms with Gasteiger partial charge < -0.3 is 15.0 Å². The van der Waals surface area contributed by atoms with Gasteiger partial charge in [0.05, 0.1) is 24.1 Å². The van der Waals surface area contributed by atoms with Crippen molar-refractivity contribution in [3.05, 3.63) is 94.8 Å². The predicted molar refractivity (Wildman–Crippen MR) is 168 cm³/mol. The zero-order valence-corrected chi connectivity index (χ0v) is 26.5. The van der Waals surface area contributed by atoms with Crippen LogP contribution in [0.2, 0.25) is 5.02 Å². The summed E-state index contributed by atoms with van der Waals surface area (Å²) < 4.78 is 46.5. The highest BCUT2D eigenvalue weighted by molar-refractivity contribution is 7.92. The Kier molecular flexibility index (Phi) is 12.4. The number of nitrogens with one attached hydrogen (secondary N) is 1. The first-order valence-corrected chi connectivity index (χ1v) is 16.3. The van der Waals surface area contributed by atoms with Crippen LogP contribution in [0, 0.1) is 11.7 Å². The molecule has 0 bridgehead atoms. The Labute approximate surface area is 258 Å². The van der Waals surface area contributed by atoms with E-state index in [1.807, 2.05) is 44.2 Å². The Balaban J connectivity index is 1.89. The average molecular weight is 632 g/mol. The third kappa shape index (κ3) is 9.96. The number of amides is 2. The second-order valence-electron chi connectivity index (χ2n) is 10.7. The Morgan fingerprint density at radius 3 is 2.30 bits per heavy atom. The lowest BCUT2D eigenvalue weighted by Gasteiger charge is -2.32. The summed E-state index contributed by atoms with van der Waals surface area (Å²) in [5.41, 5.74) is 1.45. The van der Waals surface area contributed by atoms with Crippen LogP contribution in [0.1, 0.15) is 37.8 Å². The Morgan fingerprint density at radius 2 is 1.70 bits per heavy atom. The number of anilines is 1. The fourth-order valence-corrected chi connectivity index (χ4v) is 5.81. The van der Waals surface area contributed by atoms with Crippen LogP contribution in [0.5, 0.6) is 5.75 Å². The van der Waals surface area contributed by atoms with Crippen LogP contribution in [-0.2, 0) is 32.6 Å². The van der Waals surface area contributed by atoms with E-state index in [1.54, 1.807) is 30.3 Å². The zero-order chi connectivity index (χ0) is 31.6. The summed E-state index contributed by atoms with van der Waals surface area (Å²) in [6, 6.07) is 19.2. The molecule has 0 radical (unpaired) electrons. The van der Waals surface area contributed by atoms with E-state index in [0.29, 0.717) is 18.0 Å². The highest BCUT2D eigenvalue weighted by Gasteiger charge is 2.31.